The fourth-order valence-electron chi connectivity index (χ4n) is 2.02. The van der Waals surface area contributed by atoms with Gasteiger partial charge in [-0.25, -0.2) is 4.79 Å². The summed E-state index contributed by atoms with van der Waals surface area (Å²) < 4.78 is 5.86. The molecule has 0 aliphatic carbocycles. The third-order valence-corrected chi connectivity index (χ3v) is 3.75. The van der Waals surface area contributed by atoms with E-state index < -0.39 is 5.97 Å². The summed E-state index contributed by atoms with van der Waals surface area (Å²) >= 11 is 3.29. The average Bonchev–Trinajstić information content (AvgIpc) is 2.58. The molecule has 0 saturated carbocycles. The van der Waals surface area contributed by atoms with E-state index in [4.69, 9.17) is 4.74 Å². The second kappa shape index (κ2) is 9.10. The van der Waals surface area contributed by atoms with Crippen LogP contribution in [0.3, 0.4) is 0 Å². The Bertz CT molecular complexity index is 641. The minimum atomic E-state index is -0.503. The van der Waals surface area contributed by atoms with E-state index >= 15 is 0 Å². The van der Waals surface area contributed by atoms with Gasteiger partial charge in [0.15, 0.2) is 6.61 Å². The summed E-state index contributed by atoms with van der Waals surface area (Å²) in [5, 5.41) is 2.75. The molecule has 0 heterocycles. The summed E-state index contributed by atoms with van der Waals surface area (Å²) in [6.07, 6.45) is 1.75. The molecular formula is C18H18BrNO3. The molecule has 0 fully saturated rings. The van der Waals surface area contributed by atoms with Crippen molar-refractivity contribution in [3.05, 3.63) is 70.2 Å². The Hall–Kier alpha value is -2.14. The largest absolute Gasteiger partial charge is 0.452 e. The first-order valence-electron chi connectivity index (χ1n) is 7.38. The van der Waals surface area contributed by atoms with E-state index in [2.05, 4.69) is 33.4 Å². The first kappa shape index (κ1) is 17.2. The summed E-state index contributed by atoms with van der Waals surface area (Å²) in [6.45, 7) is 0.295. The molecule has 0 bridgehead atoms. The fraction of sp³-hybridized carbons (Fsp3) is 0.222. The van der Waals surface area contributed by atoms with Gasteiger partial charge in [0.2, 0.25) is 0 Å². The highest BCUT2D eigenvalue weighted by atomic mass is 79.9. The Balaban J connectivity index is 1.63. The molecular weight excluding hydrogens is 358 g/mol. The molecule has 5 heteroatoms. The van der Waals surface area contributed by atoms with Crippen LogP contribution >= 0.6 is 15.9 Å². The van der Waals surface area contributed by atoms with Crippen LogP contribution in [0.1, 0.15) is 22.3 Å². The third-order valence-electron chi connectivity index (χ3n) is 3.22. The van der Waals surface area contributed by atoms with Gasteiger partial charge in [-0.15, -0.1) is 0 Å². The van der Waals surface area contributed by atoms with Crippen molar-refractivity contribution in [1.29, 1.82) is 0 Å². The van der Waals surface area contributed by atoms with Crippen molar-refractivity contribution in [2.45, 2.75) is 12.8 Å². The number of rotatable bonds is 7. The van der Waals surface area contributed by atoms with E-state index in [0.717, 1.165) is 17.3 Å². The van der Waals surface area contributed by atoms with Crippen LogP contribution in [-0.2, 0) is 16.0 Å². The van der Waals surface area contributed by atoms with Crippen LogP contribution in [0.4, 0.5) is 0 Å². The lowest BCUT2D eigenvalue weighted by atomic mass is 10.1. The minimum absolute atomic E-state index is 0.264. The number of esters is 1. The predicted octanol–water partition coefficient (Wildman–Crippen LogP) is 3.35. The zero-order valence-electron chi connectivity index (χ0n) is 12.6. The molecule has 0 aliphatic heterocycles. The lowest BCUT2D eigenvalue weighted by Crippen LogP contribution is -2.29. The maximum absolute atomic E-state index is 11.8. The van der Waals surface area contributed by atoms with Crippen LogP contribution in [0, 0.1) is 0 Å². The lowest BCUT2D eigenvalue weighted by molar-refractivity contribution is -0.124. The number of carbonyl (C=O) groups is 2. The number of hydrogen-bond acceptors (Lipinski definition) is 3. The van der Waals surface area contributed by atoms with Gasteiger partial charge in [-0.2, -0.15) is 0 Å². The molecule has 2 aromatic carbocycles. The van der Waals surface area contributed by atoms with E-state index in [0.29, 0.717) is 12.1 Å². The Morgan fingerprint density at radius 1 is 1.00 bits per heavy atom. The lowest BCUT2D eigenvalue weighted by Gasteiger charge is -2.07. The monoisotopic (exact) mass is 375 g/mol. The summed E-state index contributed by atoms with van der Waals surface area (Å²) in [4.78, 5) is 23.4. The second-order valence-electron chi connectivity index (χ2n) is 5.02. The second-order valence-corrected chi connectivity index (χ2v) is 5.94. The first-order chi connectivity index (χ1) is 11.1. The average molecular weight is 376 g/mol. The smallest absolute Gasteiger partial charge is 0.338 e. The maximum Gasteiger partial charge on any atom is 0.338 e. The maximum atomic E-state index is 11.8. The van der Waals surface area contributed by atoms with E-state index in [-0.39, 0.29) is 12.5 Å². The molecule has 0 saturated heterocycles. The number of hydrogen-bond donors (Lipinski definition) is 1. The van der Waals surface area contributed by atoms with Crippen molar-refractivity contribution in [3.8, 4) is 0 Å². The molecule has 2 aromatic rings. The van der Waals surface area contributed by atoms with Gasteiger partial charge in [-0.1, -0.05) is 46.3 Å². The number of nitrogens with one attached hydrogen (secondary N) is 1. The van der Waals surface area contributed by atoms with Crippen LogP contribution in [-0.4, -0.2) is 25.0 Å². The molecule has 0 unspecified atom stereocenters. The van der Waals surface area contributed by atoms with Gasteiger partial charge in [0.25, 0.3) is 5.91 Å². The minimum Gasteiger partial charge on any atom is -0.452 e. The molecule has 0 atom stereocenters. The highest BCUT2D eigenvalue weighted by Gasteiger charge is 2.09. The molecule has 1 N–H and O–H groups in total. The Labute approximate surface area is 144 Å². The third kappa shape index (κ3) is 6.24. The van der Waals surface area contributed by atoms with Gasteiger partial charge < -0.3 is 10.1 Å². The molecule has 2 rings (SSSR count). The van der Waals surface area contributed by atoms with Gasteiger partial charge in [0.1, 0.15) is 0 Å². The number of carbonyl (C=O) groups excluding carboxylic acids is 2. The summed E-state index contributed by atoms with van der Waals surface area (Å²) in [7, 11) is 0. The molecule has 4 nitrogen and oxygen atoms in total. The number of halogens is 1. The van der Waals surface area contributed by atoms with Crippen molar-refractivity contribution in [3.63, 3.8) is 0 Å². The van der Waals surface area contributed by atoms with Crippen molar-refractivity contribution in [1.82, 2.24) is 5.32 Å². The molecule has 1 amide bonds. The van der Waals surface area contributed by atoms with Crippen molar-refractivity contribution >= 4 is 27.8 Å². The Morgan fingerprint density at radius 3 is 2.39 bits per heavy atom. The zero-order chi connectivity index (χ0) is 16.5. The summed E-state index contributed by atoms with van der Waals surface area (Å²) in [5.74, 6) is -0.791. The Morgan fingerprint density at radius 2 is 1.70 bits per heavy atom. The van der Waals surface area contributed by atoms with Crippen LogP contribution in [0.15, 0.2) is 59.1 Å². The molecule has 120 valence electrons. The van der Waals surface area contributed by atoms with Gasteiger partial charge >= 0.3 is 5.97 Å². The quantitative estimate of drug-likeness (QED) is 0.596. The van der Waals surface area contributed by atoms with Gasteiger partial charge in [0, 0.05) is 11.0 Å². The van der Waals surface area contributed by atoms with Crippen LogP contribution in [0.5, 0.6) is 0 Å². The summed E-state index contributed by atoms with van der Waals surface area (Å²) in [6, 6.07) is 16.9. The standard InChI is InChI=1S/C18H18BrNO3/c19-16-10-8-15(9-11-16)18(22)23-13-17(21)20-12-4-7-14-5-2-1-3-6-14/h1-3,5-6,8-11H,4,7,12-13H2,(H,20,21). The van der Waals surface area contributed by atoms with E-state index in [1.807, 2.05) is 18.2 Å². The normalized spacial score (nSPS) is 10.1. The van der Waals surface area contributed by atoms with Crippen molar-refractivity contribution < 1.29 is 14.3 Å². The number of ether oxygens (including phenoxy) is 1. The van der Waals surface area contributed by atoms with E-state index in [9.17, 15) is 9.59 Å². The van der Waals surface area contributed by atoms with E-state index in [1.165, 1.54) is 5.56 Å². The van der Waals surface area contributed by atoms with Gasteiger partial charge in [-0.3, -0.25) is 4.79 Å². The molecule has 23 heavy (non-hydrogen) atoms. The highest BCUT2D eigenvalue weighted by molar-refractivity contribution is 9.10. The first-order valence-corrected chi connectivity index (χ1v) is 8.18. The van der Waals surface area contributed by atoms with Crippen LogP contribution in [0.25, 0.3) is 0 Å². The topological polar surface area (TPSA) is 55.4 Å². The van der Waals surface area contributed by atoms with Crippen LogP contribution in [0.2, 0.25) is 0 Å². The van der Waals surface area contributed by atoms with Crippen molar-refractivity contribution in [2.75, 3.05) is 13.2 Å². The number of amides is 1. The zero-order valence-corrected chi connectivity index (χ0v) is 14.2. The molecule has 0 aromatic heterocycles. The Kier molecular flexibility index (Phi) is 6.81. The van der Waals surface area contributed by atoms with Crippen molar-refractivity contribution in [2.24, 2.45) is 0 Å². The molecule has 0 radical (unpaired) electrons. The predicted molar refractivity (Wildman–Crippen MR) is 92.2 cm³/mol. The SMILES string of the molecule is O=C(COC(=O)c1ccc(Br)cc1)NCCCc1ccccc1. The van der Waals surface area contributed by atoms with Gasteiger partial charge in [-0.05, 0) is 42.7 Å². The van der Waals surface area contributed by atoms with Gasteiger partial charge in [0.05, 0.1) is 5.56 Å². The fourth-order valence-corrected chi connectivity index (χ4v) is 2.28. The van der Waals surface area contributed by atoms with Crippen LogP contribution < -0.4 is 5.32 Å². The summed E-state index contributed by atoms with van der Waals surface area (Å²) in [5.41, 5.74) is 1.66. The number of benzene rings is 2. The van der Waals surface area contributed by atoms with E-state index in [1.54, 1.807) is 24.3 Å². The number of aryl methyl sites for hydroxylation is 1. The highest BCUT2D eigenvalue weighted by Crippen LogP contribution is 2.11. The molecule has 0 aliphatic rings. The molecule has 0 spiro atoms.